The van der Waals surface area contributed by atoms with Crippen molar-refractivity contribution >= 4 is 46.7 Å². The molecule has 2 aromatic rings. The Bertz CT molecular complexity index is 1360. The van der Waals surface area contributed by atoms with Crippen molar-refractivity contribution in [3.63, 3.8) is 0 Å². The first-order valence-electron chi connectivity index (χ1n) is 13.5. The molecule has 0 aromatic heterocycles. The van der Waals surface area contributed by atoms with E-state index in [-0.39, 0.29) is 41.8 Å². The van der Waals surface area contributed by atoms with Gasteiger partial charge in [0, 0.05) is 21.2 Å². The first kappa shape index (κ1) is 29.9. The lowest BCUT2D eigenvalue weighted by atomic mass is 9.85. The summed E-state index contributed by atoms with van der Waals surface area (Å²) >= 11 is 12.6. The third-order valence-corrected chi connectivity index (χ3v) is 7.37. The lowest BCUT2D eigenvalue weighted by molar-refractivity contribution is -0.131. The average Bonchev–Trinajstić information content (AvgIpc) is 3.44. The van der Waals surface area contributed by atoms with Crippen LogP contribution in [0, 0.1) is 11.3 Å². The molecule has 2 heterocycles. The highest BCUT2D eigenvalue weighted by Gasteiger charge is 2.48. The van der Waals surface area contributed by atoms with Gasteiger partial charge < -0.3 is 4.90 Å². The Morgan fingerprint density at radius 2 is 1.75 bits per heavy atom. The molecular weight excluding hydrogens is 547 g/mol. The van der Waals surface area contributed by atoms with Crippen LogP contribution < -0.4 is 5.32 Å². The summed E-state index contributed by atoms with van der Waals surface area (Å²) in [7, 11) is 0. The third kappa shape index (κ3) is 6.96. The maximum absolute atomic E-state index is 14.2. The molecule has 2 aromatic carbocycles. The topological polar surface area (TPSA) is 98.8 Å². The molecule has 2 amide bonds. The zero-order valence-electron chi connectivity index (χ0n) is 23.8. The highest BCUT2D eigenvalue weighted by Crippen LogP contribution is 2.42. The van der Waals surface area contributed by atoms with Crippen molar-refractivity contribution in [2.45, 2.75) is 72.5 Å². The smallest absolute Gasteiger partial charge is 0.275 e. The molecule has 1 unspecified atom stereocenters. The van der Waals surface area contributed by atoms with Gasteiger partial charge in [-0.1, -0.05) is 70.0 Å². The van der Waals surface area contributed by atoms with Crippen LogP contribution in [0.2, 0.25) is 10.0 Å². The number of guanidine groups is 1. The molecule has 40 heavy (non-hydrogen) atoms. The lowest BCUT2D eigenvalue weighted by Crippen LogP contribution is -2.48. The van der Waals surface area contributed by atoms with Gasteiger partial charge in [-0.3, -0.25) is 19.9 Å². The number of azo groups is 1. The second kappa shape index (κ2) is 11.8. The molecule has 0 saturated carbocycles. The molecular formula is C30H36Cl2N6O2. The van der Waals surface area contributed by atoms with Crippen LogP contribution in [0.15, 0.2) is 62.7 Å². The van der Waals surface area contributed by atoms with Gasteiger partial charge in [0.15, 0.2) is 6.67 Å². The zero-order chi connectivity index (χ0) is 29.2. The van der Waals surface area contributed by atoms with Gasteiger partial charge in [0.2, 0.25) is 5.96 Å². The molecule has 2 atom stereocenters. The molecule has 8 nitrogen and oxygen atoms in total. The molecule has 0 saturated heterocycles. The van der Waals surface area contributed by atoms with E-state index < -0.39 is 5.66 Å². The largest absolute Gasteiger partial charge is 0.306 e. The van der Waals surface area contributed by atoms with Crippen LogP contribution in [0.25, 0.3) is 0 Å². The van der Waals surface area contributed by atoms with Crippen LogP contribution in [0.1, 0.15) is 88.3 Å². The Kier molecular flexibility index (Phi) is 8.80. The van der Waals surface area contributed by atoms with Crippen LogP contribution in [0.5, 0.6) is 0 Å². The van der Waals surface area contributed by atoms with E-state index in [2.05, 4.69) is 55.2 Å². The quantitative estimate of drug-likeness (QED) is 0.349. The van der Waals surface area contributed by atoms with E-state index in [0.29, 0.717) is 33.3 Å². The summed E-state index contributed by atoms with van der Waals surface area (Å²) in [5.74, 6) is 0.0148. The Morgan fingerprint density at radius 3 is 2.30 bits per heavy atom. The number of halogens is 2. The van der Waals surface area contributed by atoms with E-state index in [1.54, 1.807) is 30.3 Å². The number of carbonyl (C=O) groups is 2. The highest BCUT2D eigenvalue weighted by atomic mass is 35.5. The van der Waals surface area contributed by atoms with Gasteiger partial charge in [-0.25, -0.2) is 4.99 Å². The van der Waals surface area contributed by atoms with Gasteiger partial charge >= 0.3 is 0 Å². The molecule has 2 aliphatic heterocycles. The minimum atomic E-state index is -0.778. The minimum absolute atomic E-state index is 0.0516. The summed E-state index contributed by atoms with van der Waals surface area (Å²) in [5.41, 5.74) is 1.63. The van der Waals surface area contributed by atoms with Crippen LogP contribution in [0.4, 0.5) is 0 Å². The second-order valence-corrected chi connectivity index (χ2v) is 13.0. The summed E-state index contributed by atoms with van der Waals surface area (Å²) in [5, 5.41) is 11.1. The van der Waals surface area contributed by atoms with Crippen molar-refractivity contribution in [1.82, 2.24) is 10.2 Å². The molecule has 0 spiro atoms. The molecule has 0 fully saturated rings. The number of rotatable bonds is 8. The molecule has 1 N–H and O–H groups in total. The monoisotopic (exact) mass is 582 g/mol. The number of amides is 2. The number of nitrogens with one attached hydrogen (secondary N) is 1. The molecule has 2 aliphatic rings. The van der Waals surface area contributed by atoms with Crippen LogP contribution in [0.3, 0.4) is 0 Å². The first-order valence-corrected chi connectivity index (χ1v) is 14.2. The number of aliphatic imine (C=N–C) groups is 2. The predicted molar refractivity (Wildman–Crippen MR) is 160 cm³/mol. The summed E-state index contributed by atoms with van der Waals surface area (Å²) in [4.78, 5) is 38.0. The lowest BCUT2D eigenvalue weighted by Gasteiger charge is -2.41. The van der Waals surface area contributed by atoms with Gasteiger partial charge in [0.1, 0.15) is 11.4 Å². The van der Waals surface area contributed by atoms with Gasteiger partial charge in [0.05, 0.1) is 6.04 Å². The first-order chi connectivity index (χ1) is 18.8. The molecule has 4 rings (SSSR count). The Labute approximate surface area is 246 Å². The molecule has 0 radical (unpaired) electrons. The van der Waals surface area contributed by atoms with E-state index in [9.17, 15) is 9.59 Å². The summed E-state index contributed by atoms with van der Waals surface area (Å²) < 4.78 is 0. The van der Waals surface area contributed by atoms with Crippen molar-refractivity contribution in [3.05, 3.63) is 69.2 Å². The molecule has 212 valence electrons. The number of benzene rings is 2. The fourth-order valence-corrected chi connectivity index (χ4v) is 5.81. The van der Waals surface area contributed by atoms with Gasteiger partial charge in [-0.2, -0.15) is 5.11 Å². The van der Waals surface area contributed by atoms with Crippen molar-refractivity contribution < 1.29 is 9.59 Å². The Balaban J connectivity index is 1.72. The number of nitrogens with zero attached hydrogens (tertiary/aromatic N) is 5. The average molecular weight is 584 g/mol. The predicted octanol–water partition coefficient (Wildman–Crippen LogP) is 7.46. The maximum Gasteiger partial charge on any atom is 0.275 e. The van der Waals surface area contributed by atoms with Crippen LogP contribution >= 0.6 is 23.2 Å². The van der Waals surface area contributed by atoms with E-state index in [4.69, 9.17) is 28.2 Å². The van der Waals surface area contributed by atoms with E-state index in [1.807, 2.05) is 24.0 Å². The van der Waals surface area contributed by atoms with Gasteiger partial charge in [0.25, 0.3) is 11.8 Å². The molecule has 10 heteroatoms. The fraction of sp³-hybridized carbons (Fsp3) is 0.467. The summed E-state index contributed by atoms with van der Waals surface area (Å²) in [6, 6.07) is 12.2. The van der Waals surface area contributed by atoms with Gasteiger partial charge in [-0.15, -0.1) is 5.11 Å². The summed E-state index contributed by atoms with van der Waals surface area (Å²) in [6.45, 7) is 13.1. The standard InChI is InChI=1S/C30H36Cl2N6O2/c1-18(2)16-30(6)36-25(21-13-22(31)15-23(32)14-21)27(40)38(30)24(11-12-29(3,4)5)19-7-9-20(10-8-19)26(39)35-28-33-17-34-37-28/h7-10,13-15,18,24H,11-12,16-17H2,1-6H3,(H,33,35,39)/t24-,30?/m1/s1. The fourth-order valence-electron chi connectivity index (χ4n) is 5.29. The van der Waals surface area contributed by atoms with Crippen LogP contribution in [-0.4, -0.2) is 40.7 Å². The van der Waals surface area contributed by atoms with Gasteiger partial charge in [-0.05, 0) is 73.4 Å². The number of hydrogen-bond acceptors (Lipinski definition) is 6. The van der Waals surface area contributed by atoms with Crippen molar-refractivity contribution in [1.29, 1.82) is 0 Å². The maximum atomic E-state index is 14.2. The van der Waals surface area contributed by atoms with Crippen molar-refractivity contribution in [3.8, 4) is 0 Å². The normalized spacial score (nSPS) is 19.7. The highest BCUT2D eigenvalue weighted by molar-refractivity contribution is 6.47. The van der Waals surface area contributed by atoms with E-state index in [1.165, 1.54) is 0 Å². The van der Waals surface area contributed by atoms with Crippen molar-refractivity contribution in [2.75, 3.05) is 6.67 Å². The zero-order valence-corrected chi connectivity index (χ0v) is 25.3. The van der Waals surface area contributed by atoms with E-state index in [0.717, 1.165) is 18.4 Å². The molecule has 0 bridgehead atoms. The molecule has 0 aliphatic carbocycles. The summed E-state index contributed by atoms with van der Waals surface area (Å²) in [6.07, 6.45) is 2.29. The Morgan fingerprint density at radius 1 is 1.10 bits per heavy atom. The number of carbonyl (C=O) groups excluding carboxylic acids is 2. The third-order valence-electron chi connectivity index (χ3n) is 6.94. The SMILES string of the molecule is CC(C)CC1(C)N=C(c2cc(Cl)cc(Cl)c2)C(=O)N1[C@H](CCC(C)(C)C)c1ccc(C(=O)NC2=NCN=N2)cc1. The van der Waals surface area contributed by atoms with E-state index >= 15 is 0 Å². The minimum Gasteiger partial charge on any atom is -0.306 e. The number of hydrogen-bond donors (Lipinski definition) is 1. The Hall–Kier alpha value is -3.10. The second-order valence-electron chi connectivity index (χ2n) is 12.2. The van der Waals surface area contributed by atoms with Crippen molar-refractivity contribution in [2.24, 2.45) is 31.5 Å². The van der Waals surface area contributed by atoms with Crippen LogP contribution in [-0.2, 0) is 4.79 Å².